The quantitative estimate of drug-likeness (QED) is 0.513. The topological polar surface area (TPSA) is 57.6 Å². The summed E-state index contributed by atoms with van der Waals surface area (Å²) in [6, 6.07) is 13.9. The van der Waals surface area contributed by atoms with Crippen LogP contribution >= 0.6 is 11.6 Å². The number of nitrogens with one attached hydrogen (secondary N) is 1. The number of halogens is 1. The van der Waals surface area contributed by atoms with E-state index in [1.165, 1.54) is 0 Å². The molecule has 0 aliphatic carbocycles. The zero-order chi connectivity index (χ0) is 25.2. The Hall–Kier alpha value is -3.09. The van der Waals surface area contributed by atoms with E-state index in [2.05, 4.69) is 11.4 Å². The molecule has 1 N–H and O–H groups in total. The third kappa shape index (κ3) is 5.29. The van der Waals surface area contributed by atoms with Gasteiger partial charge in [-0.3, -0.25) is 9.59 Å². The van der Waals surface area contributed by atoms with Gasteiger partial charge in [-0.2, -0.15) is 0 Å². The standard InChI is InChI=1S/C28H33ClN4O2/c1-20-24(7-5-8-25(20)29)28(13-17-33(18-14-28)26(34)9-6-15-31(2)3)30-22-11-10-21-12-16-32(4)27(35)23(21)19-22/h5-12,16,19,30H,13-15,17-18H2,1-4H3/b9-6+. The normalized spacial score (nSPS) is 15.8. The number of hydrogen-bond acceptors (Lipinski definition) is 4. The van der Waals surface area contributed by atoms with Gasteiger partial charge in [-0.15, -0.1) is 0 Å². The van der Waals surface area contributed by atoms with Gasteiger partial charge in [0, 0.05) is 55.1 Å². The maximum Gasteiger partial charge on any atom is 0.258 e. The number of amides is 1. The predicted octanol–water partition coefficient (Wildman–Crippen LogP) is 4.55. The highest BCUT2D eigenvalue weighted by molar-refractivity contribution is 6.31. The van der Waals surface area contributed by atoms with E-state index in [9.17, 15) is 9.59 Å². The molecule has 6 nitrogen and oxygen atoms in total. The number of likely N-dealkylation sites (N-methyl/N-ethyl adjacent to an activating group) is 1. The molecule has 184 valence electrons. The Morgan fingerprint density at radius 1 is 1.17 bits per heavy atom. The molecule has 0 atom stereocenters. The van der Waals surface area contributed by atoms with E-state index >= 15 is 0 Å². The van der Waals surface area contributed by atoms with Crippen LogP contribution in [0.25, 0.3) is 10.8 Å². The summed E-state index contributed by atoms with van der Waals surface area (Å²) in [4.78, 5) is 29.4. The van der Waals surface area contributed by atoms with Crippen molar-refractivity contribution in [1.29, 1.82) is 0 Å². The first-order valence-electron chi connectivity index (χ1n) is 11.9. The number of likely N-dealkylation sites (tertiary alicyclic amines) is 1. The smallest absolute Gasteiger partial charge is 0.258 e. The summed E-state index contributed by atoms with van der Waals surface area (Å²) in [6.07, 6.45) is 6.82. The first kappa shape index (κ1) is 25.0. The molecular weight excluding hydrogens is 460 g/mol. The van der Waals surface area contributed by atoms with Crippen LogP contribution in [0.5, 0.6) is 0 Å². The van der Waals surface area contributed by atoms with Gasteiger partial charge >= 0.3 is 0 Å². The number of hydrogen-bond donors (Lipinski definition) is 1. The second-order valence-electron chi connectivity index (χ2n) is 9.64. The van der Waals surface area contributed by atoms with Crippen LogP contribution in [0.3, 0.4) is 0 Å². The molecule has 7 heteroatoms. The third-order valence-electron chi connectivity index (χ3n) is 6.91. The molecule has 0 radical (unpaired) electrons. The van der Waals surface area contributed by atoms with E-state index < -0.39 is 5.54 Å². The minimum atomic E-state index is -0.410. The minimum Gasteiger partial charge on any atom is -0.375 e. The lowest BCUT2D eigenvalue weighted by Gasteiger charge is -2.44. The highest BCUT2D eigenvalue weighted by Gasteiger charge is 2.38. The highest BCUT2D eigenvalue weighted by atomic mass is 35.5. The maximum absolute atomic E-state index is 12.8. The average molecular weight is 493 g/mol. The molecule has 35 heavy (non-hydrogen) atoms. The zero-order valence-electron chi connectivity index (χ0n) is 20.8. The molecule has 0 unspecified atom stereocenters. The van der Waals surface area contributed by atoms with Gasteiger partial charge in [0.25, 0.3) is 5.56 Å². The number of pyridine rings is 1. The fraction of sp³-hybridized carbons (Fsp3) is 0.357. The first-order chi connectivity index (χ1) is 16.7. The van der Waals surface area contributed by atoms with Crippen molar-refractivity contribution in [3.63, 3.8) is 0 Å². The van der Waals surface area contributed by atoms with Crippen LogP contribution in [-0.2, 0) is 17.4 Å². The number of rotatable bonds is 6. The largest absolute Gasteiger partial charge is 0.375 e. The maximum atomic E-state index is 12.8. The van der Waals surface area contributed by atoms with E-state index in [1.54, 1.807) is 23.9 Å². The van der Waals surface area contributed by atoms with Gasteiger partial charge in [-0.25, -0.2) is 0 Å². The van der Waals surface area contributed by atoms with Gasteiger partial charge < -0.3 is 19.7 Å². The van der Waals surface area contributed by atoms with Crippen molar-refractivity contribution in [2.45, 2.75) is 25.3 Å². The van der Waals surface area contributed by atoms with E-state index in [4.69, 9.17) is 11.6 Å². The van der Waals surface area contributed by atoms with Gasteiger partial charge in [0.1, 0.15) is 0 Å². The molecule has 1 saturated heterocycles. The summed E-state index contributed by atoms with van der Waals surface area (Å²) in [5.41, 5.74) is 2.60. The molecule has 1 aliphatic rings. The number of aromatic nitrogens is 1. The Morgan fingerprint density at radius 2 is 1.91 bits per heavy atom. The number of nitrogens with zero attached hydrogens (tertiary/aromatic N) is 3. The molecule has 0 spiro atoms. The van der Waals surface area contributed by atoms with Crippen LogP contribution < -0.4 is 10.9 Å². The highest BCUT2D eigenvalue weighted by Crippen LogP contribution is 2.40. The summed E-state index contributed by atoms with van der Waals surface area (Å²) < 4.78 is 1.59. The van der Waals surface area contributed by atoms with Gasteiger partial charge in [0.2, 0.25) is 5.91 Å². The van der Waals surface area contributed by atoms with Gasteiger partial charge in [0.15, 0.2) is 0 Å². The molecular formula is C28H33ClN4O2. The van der Waals surface area contributed by atoms with Crippen molar-refractivity contribution in [2.24, 2.45) is 7.05 Å². The predicted molar refractivity (Wildman–Crippen MR) is 144 cm³/mol. The summed E-state index contributed by atoms with van der Waals surface area (Å²) in [7, 11) is 5.72. The Morgan fingerprint density at radius 3 is 2.63 bits per heavy atom. The molecule has 0 saturated carbocycles. The lowest BCUT2D eigenvalue weighted by Crippen LogP contribution is -2.49. The molecule has 1 aliphatic heterocycles. The third-order valence-corrected chi connectivity index (χ3v) is 7.32. The molecule has 3 aromatic rings. The summed E-state index contributed by atoms with van der Waals surface area (Å²) in [6.45, 7) is 4.02. The van der Waals surface area contributed by atoms with Crippen LogP contribution in [0, 0.1) is 6.92 Å². The Bertz CT molecular complexity index is 1320. The van der Waals surface area contributed by atoms with Crippen LogP contribution in [0.1, 0.15) is 24.0 Å². The molecule has 0 bridgehead atoms. The van der Waals surface area contributed by atoms with Crippen LogP contribution in [0.4, 0.5) is 5.69 Å². The van der Waals surface area contributed by atoms with Crippen molar-refractivity contribution >= 4 is 34.0 Å². The molecule has 2 aromatic carbocycles. The van der Waals surface area contributed by atoms with E-state index in [-0.39, 0.29) is 11.5 Å². The van der Waals surface area contributed by atoms with Gasteiger partial charge in [-0.05, 0) is 74.6 Å². The summed E-state index contributed by atoms with van der Waals surface area (Å²) in [5.74, 6) is 0.0393. The van der Waals surface area contributed by atoms with E-state index in [1.807, 2.05) is 73.3 Å². The fourth-order valence-corrected chi connectivity index (χ4v) is 5.03. The van der Waals surface area contributed by atoms with E-state index in [0.29, 0.717) is 18.5 Å². The number of benzene rings is 2. The lowest BCUT2D eigenvalue weighted by molar-refractivity contribution is -0.127. The van der Waals surface area contributed by atoms with Crippen LogP contribution in [-0.4, -0.2) is 54.0 Å². The zero-order valence-corrected chi connectivity index (χ0v) is 21.6. The van der Waals surface area contributed by atoms with Crippen molar-refractivity contribution in [1.82, 2.24) is 14.4 Å². The number of carbonyl (C=O) groups is 1. The van der Waals surface area contributed by atoms with Crippen molar-refractivity contribution in [2.75, 3.05) is 39.0 Å². The van der Waals surface area contributed by atoms with Crippen molar-refractivity contribution in [3.8, 4) is 0 Å². The van der Waals surface area contributed by atoms with Crippen molar-refractivity contribution in [3.05, 3.63) is 87.3 Å². The lowest BCUT2D eigenvalue weighted by atomic mass is 9.78. The fourth-order valence-electron chi connectivity index (χ4n) is 4.86. The number of piperidine rings is 1. The first-order valence-corrected chi connectivity index (χ1v) is 12.3. The summed E-state index contributed by atoms with van der Waals surface area (Å²) in [5, 5.41) is 6.08. The monoisotopic (exact) mass is 492 g/mol. The second-order valence-corrected chi connectivity index (χ2v) is 10.1. The van der Waals surface area contributed by atoms with Gasteiger partial charge in [0.05, 0.1) is 5.54 Å². The molecule has 1 fully saturated rings. The molecule has 4 rings (SSSR count). The second kappa shape index (κ2) is 10.3. The van der Waals surface area contributed by atoms with Crippen LogP contribution in [0.15, 0.2) is 65.6 Å². The number of fused-ring (bicyclic) bond motifs is 1. The Balaban J connectivity index is 1.66. The van der Waals surface area contributed by atoms with E-state index in [0.717, 1.165) is 46.6 Å². The molecule has 1 amide bonds. The number of anilines is 1. The molecule has 1 aromatic heterocycles. The average Bonchev–Trinajstić information content (AvgIpc) is 2.83. The number of carbonyl (C=O) groups excluding carboxylic acids is 1. The Kier molecular flexibility index (Phi) is 7.33. The van der Waals surface area contributed by atoms with Gasteiger partial charge in [-0.1, -0.05) is 35.9 Å². The van der Waals surface area contributed by atoms with Crippen molar-refractivity contribution < 1.29 is 4.79 Å². The molecule has 2 heterocycles. The Labute approximate surface area is 211 Å². The number of aryl methyl sites for hydroxylation is 1. The minimum absolute atomic E-state index is 0.0240. The van der Waals surface area contributed by atoms with Crippen LogP contribution in [0.2, 0.25) is 5.02 Å². The summed E-state index contributed by atoms with van der Waals surface area (Å²) >= 11 is 6.53. The SMILES string of the molecule is Cc1c(Cl)cccc1C1(Nc2ccc3ccn(C)c(=O)c3c2)CCN(C(=O)/C=C/CN(C)C)CC1.